The Kier molecular flexibility index (Phi) is 4.03. The highest BCUT2D eigenvalue weighted by atomic mass is 16.4. The van der Waals surface area contributed by atoms with Gasteiger partial charge in [0.25, 0.3) is 0 Å². The zero-order valence-corrected chi connectivity index (χ0v) is 12.5. The molecule has 3 fully saturated rings. The fraction of sp³-hybridized carbons (Fsp3) is 0.857. The number of carboxylic acids is 1. The van der Waals surface area contributed by atoms with Crippen LogP contribution in [0, 0.1) is 11.8 Å². The molecule has 21 heavy (non-hydrogen) atoms. The molecular formula is C14H24N4O3. The van der Waals surface area contributed by atoms with Crippen molar-refractivity contribution in [3.8, 4) is 0 Å². The van der Waals surface area contributed by atoms with Gasteiger partial charge in [-0.15, -0.1) is 0 Å². The number of piperazine rings is 1. The van der Waals surface area contributed by atoms with Gasteiger partial charge in [0.2, 0.25) is 0 Å². The van der Waals surface area contributed by atoms with E-state index in [1.165, 1.54) is 4.90 Å². The van der Waals surface area contributed by atoms with Crippen LogP contribution in [0.4, 0.5) is 4.79 Å². The van der Waals surface area contributed by atoms with Gasteiger partial charge in [-0.25, -0.2) is 14.6 Å². The molecule has 2 heterocycles. The summed E-state index contributed by atoms with van der Waals surface area (Å²) in [4.78, 5) is 27.7. The van der Waals surface area contributed by atoms with E-state index in [9.17, 15) is 14.7 Å². The van der Waals surface area contributed by atoms with Crippen LogP contribution >= 0.6 is 0 Å². The molecule has 2 N–H and O–H groups in total. The van der Waals surface area contributed by atoms with Gasteiger partial charge < -0.3 is 14.9 Å². The Bertz CT molecular complexity index is 422. The number of aliphatic carboxylic acids is 1. The number of urea groups is 1. The smallest absolute Gasteiger partial charge is 0.332 e. The second kappa shape index (κ2) is 5.81. The molecule has 2 saturated heterocycles. The van der Waals surface area contributed by atoms with E-state index in [2.05, 4.69) is 17.4 Å². The number of hydrogen-bond donors (Lipinski definition) is 2. The van der Waals surface area contributed by atoms with Crippen molar-refractivity contribution in [3.05, 3.63) is 0 Å². The van der Waals surface area contributed by atoms with Gasteiger partial charge in [-0.05, 0) is 31.7 Å². The van der Waals surface area contributed by atoms with Crippen LogP contribution in [-0.4, -0.2) is 77.7 Å². The minimum atomic E-state index is -0.863. The molecule has 3 rings (SSSR count). The van der Waals surface area contributed by atoms with Gasteiger partial charge in [0.15, 0.2) is 0 Å². The highest BCUT2D eigenvalue weighted by molar-refractivity contribution is 5.83. The molecule has 3 atom stereocenters. The molecule has 1 aliphatic carbocycles. The number of likely N-dealkylation sites (tertiary alicyclic amines) is 1. The summed E-state index contributed by atoms with van der Waals surface area (Å²) in [5, 5.41) is 11.4. The molecule has 7 nitrogen and oxygen atoms in total. The Labute approximate surface area is 124 Å². The highest BCUT2D eigenvalue weighted by Crippen LogP contribution is 2.42. The Morgan fingerprint density at radius 3 is 2.52 bits per heavy atom. The van der Waals surface area contributed by atoms with E-state index in [4.69, 9.17) is 0 Å². The van der Waals surface area contributed by atoms with Gasteiger partial charge in [-0.2, -0.15) is 0 Å². The number of carboxylic acid groups (broad SMARTS) is 1. The Balaban J connectivity index is 1.62. The molecule has 3 aliphatic rings. The average molecular weight is 296 g/mol. The second-order valence-electron chi connectivity index (χ2n) is 6.50. The lowest BCUT2D eigenvalue weighted by Crippen LogP contribution is -2.57. The molecule has 3 unspecified atom stereocenters. The van der Waals surface area contributed by atoms with Crippen LogP contribution in [0.1, 0.15) is 19.3 Å². The number of nitrogens with one attached hydrogen (secondary N) is 1. The summed E-state index contributed by atoms with van der Waals surface area (Å²) in [6.45, 7) is 3.96. The van der Waals surface area contributed by atoms with Crippen molar-refractivity contribution < 1.29 is 14.7 Å². The van der Waals surface area contributed by atoms with Crippen LogP contribution in [0.3, 0.4) is 0 Å². The quantitative estimate of drug-likeness (QED) is 0.753. The number of amides is 2. The third-order valence-electron chi connectivity index (χ3n) is 5.16. The minimum Gasteiger partial charge on any atom is -0.480 e. The first-order valence-electron chi connectivity index (χ1n) is 7.80. The van der Waals surface area contributed by atoms with Crippen molar-refractivity contribution in [1.82, 2.24) is 20.2 Å². The molecule has 1 saturated carbocycles. The van der Waals surface area contributed by atoms with E-state index >= 15 is 0 Å². The van der Waals surface area contributed by atoms with Gasteiger partial charge in [0.05, 0.1) is 0 Å². The van der Waals surface area contributed by atoms with Crippen LogP contribution in [0.25, 0.3) is 0 Å². The van der Waals surface area contributed by atoms with Gasteiger partial charge >= 0.3 is 12.0 Å². The zero-order chi connectivity index (χ0) is 15.0. The number of hydrogen-bond acceptors (Lipinski definition) is 4. The third-order valence-corrected chi connectivity index (χ3v) is 5.16. The van der Waals surface area contributed by atoms with Gasteiger partial charge in [0, 0.05) is 32.7 Å². The minimum absolute atomic E-state index is 0.140. The van der Waals surface area contributed by atoms with E-state index in [1.807, 2.05) is 5.01 Å². The molecule has 0 aromatic heterocycles. The maximum absolute atomic E-state index is 12.4. The topological polar surface area (TPSA) is 76.1 Å². The third kappa shape index (κ3) is 2.85. The predicted octanol–water partition coefficient (Wildman–Crippen LogP) is 0.0435. The largest absolute Gasteiger partial charge is 0.480 e. The molecule has 118 valence electrons. The molecule has 7 heteroatoms. The zero-order valence-electron chi connectivity index (χ0n) is 12.5. The van der Waals surface area contributed by atoms with E-state index in [1.54, 1.807) is 0 Å². The first kappa shape index (κ1) is 14.6. The highest BCUT2D eigenvalue weighted by Gasteiger charge is 2.49. The normalized spacial score (nSPS) is 34.0. The lowest BCUT2D eigenvalue weighted by atomic mass is 9.94. The summed E-state index contributed by atoms with van der Waals surface area (Å²) in [5.41, 5.74) is 2.89. The first-order chi connectivity index (χ1) is 10.1. The van der Waals surface area contributed by atoms with Crippen molar-refractivity contribution >= 4 is 12.0 Å². The van der Waals surface area contributed by atoms with E-state index in [0.29, 0.717) is 12.5 Å². The summed E-state index contributed by atoms with van der Waals surface area (Å²) < 4.78 is 0. The molecule has 2 amide bonds. The number of hydrazine groups is 1. The number of carbonyl (C=O) groups excluding carboxylic acids is 1. The maximum Gasteiger partial charge on any atom is 0.332 e. The van der Waals surface area contributed by atoms with Crippen molar-refractivity contribution in [1.29, 1.82) is 0 Å². The lowest BCUT2D eigenvalue weighted by Gasteiger charge is -2.34. The molecule has 0 aromatic rings. The van der Waals surface area contributed by atoms with Crippen molar-refractivity contribution in [2.24, 2.45) is 11.8 Å². The Morgan fingerprint density at radius 1 is 1.14 bits per heavy atom. The summed E-state index contributed by atoms with van der Waals surface area (Å²) in [5.74, 6) is -0.358. The van der Waals surface area contributed by atoms with Crippen molar-refractivity contribution in [2.45, 2.75) is 25.3 Å². The van der Waals surface area contributed by atoms with E-state index < -0.39 is 12.0 Å². The Morgan fingerprint density at radius 2 is 1.86 bits per heavy atom. The second-order valence-corrected chi connectivity index (χ2v) is 6.50. The van der Waals surface area contributed by atoms with Crippen LogP contribution in [0.15, 0.2) is 0 Å². The summed E-state index contributed by atoms with van der Waals surface area (Å²) in [6.07, 6.45) is 3.07. The number of fused-ring (bicyclic) bond motifs is 1. The fourth-order valence-electron chi connectivity index (χ4n) is 3.95. The number of carbonyl (C=O) groups is 2. The van der Waals surface area contributed by atoms with Gasteiger partial charge in [-0.1, -0.05) is 6.42 Å². The number of rotatable bonds is 2. The van der Waals surface area contributed by atoms with E-state index in [0.717, 1.165) is 45.4 Å². The van der Waals surface area contributed by atoms with Gasteiger partial charge in [0.1, 0.15) is 6.04 Å². The van der Waals surface area contributed by atoms with Crippen LogP contribution in [-0.2, 0) is 4.79 Å². The van der Waals surface area contributed by atoms with Crippen molar-refractivity contribution in [2.75, 3.05) is 39.8 Å². The van der Waals surface area contributed by atoms with Crippen molar-refractivity contribution in [3.63, 3.8) is 0 Å². The monoisotopic (exact) mass is 296 g/mol. The number of nitrogens with zero attached hydrogens (tertiary/aromatic N) is 3. The summed E-state index contributed by atoms with van der Waals surface area (Å²) in [6, 6.07) is -0.897. The molecule has 0 radical (unpaired) electrons. The average Bonchev–Trinajstić information content (AvgIpc) is 3.00. The fourth-order valence-corrected chi connectivity index (χ4v) is 3.95. The SMILES string of the molecule is CN1CCN(NC(=O)N2CC3CCCC3C2C(=O)O)CC1. The summed E-state index contributed by atoms with van der Waals surface area (Å²) >= 11 is 0. The molecule has 0 aromatic carbocycles. The van der Waals surface area contributed by atoms with Gasteiger partial charge in [-0.3, -0.25) is 5.43 Å². The molecule has 0 bridgehead atoms. The Hall–Kier alpha value is -1.34. The lowest BCUT2D eigenvalue weighted by molar-refractivity contribution is -0.142. The maximum atomic E-state index is 12.4. The summed E-state index contributed by atoms with van der Waals surface area (Å²) in [7, 11) is 2.06. The first-order valence-corrected chi connectivity index (χ1v) is 7.80. The molecular weight excluding hydrogens is 272 g/mol. The van der Waals surface area contributed by atoms with E-state index in [-0.39, 0.29) is 11.9 Å². The molecule has 0 spiro atoms. The molecule has 2 aliphatic heterocycles. The standard InChI is InChI=1S/C14H24N4O3/c1-16-5-7-17(8-6-16)15-14(21)18-9-10-3-2-4-11(10)12(18)13(19)20/h10-12H,2-9H2,1H3,(H,15,21)(H,19,20). The predicted molar refractivity (Wildman–Crippen MR) is 76.6 cm³/mol. The van der Waals surface area contributed by atoms with Crippen LogP contribution in [0.5, 0.6) is 0 Å². The number of likely N-dealkylation sites (N-methyl/N-ethyl adjacent to an activating group) is 1. The van der Waals surface area contributed by atoms with Crippen LogP contribution in [0.2, 0.25) is 0 Å². The van der Waals surface area contributed by atoms with Crippen LogP contribution < -0.4 is 5.43 Å².